The third-order valence-electron chi connectivity index (χ3n) is 3.34. The number of hydrogen-bond donors (Lipinski definition) is 1. The standard InChI is InChI=1S/C16H19N3O/c1-11-5-6-15(12(2)9-11)19(4)16(20)13-7-8-18-10-14(13)17-3/h5-10,17H,1-4H3. The molecular weight excluding hydrogens is 250 g/mol. The van der Waals surface area contributed by atoms with Crippen LogP contribution < -0.4 is 10.2 Å². The third-order valence-corrected chi connectivity index (χ3v) is 3.34. The van der Waals surface area contributed by atoms with Gasteiger partial charge in [-0.1, -0.05) is 17.7 Å². The van der Waals surface area contributed by atoms with E-state index in [1.807, 2.05) is 26.0 Å². The van der Waals surface area contributed by atoms with Crippen LogP contribution in [0.3, 0.4) is 0 Å². The molecule has 0 bridgehead atoms. The Morgan fingerprint density at radius 2 is 2.00 bits per heavy atom. The Kier molecular flexibility index (Phi) is 4.03. The summed E-state index contributed by atoms with van der Waals surface area (Å²) in [6.45, 7) is 4.05. The third kappa shape index (κ3) is 2.64. The summed E-state index contributed by atoms with van der Waals surface area (Å²) in [5, 5.41) is 3.00. The smallest absolute Gasteiger partial charge is 0.260 e. The minimum atomic E-state index is -0.0521. The summed E-state index contributed by atoms with van der Waals surface area (Å²) in [7, 11) is 3.57. The second-order valence-corrected chi connectivity index (χ2v) is 4.83. The van der Waals surface area contributed by atoms with E-state index in [-0.39, 0.29) is 5.91 Å². The molecule has 1 N–H and O–H groups in total. The van der Waals surface area contributed by atoms with Crippen LogP contribution in [0, 0.1) is 13.8 Å². The average molecular weight is 269 g/mol. The molecule has 0 saturated carbocycles. The summed E-state index contributed by atoms with van der Waals surface area (Å²) in [4.78, 5) is 18.3. The summed E-state index contributed by atoms with van der Waals surface area (Å²) < 4.78 is 0. The highest BCUT2D eigenvalue weighted by Gasteiger charge is 2.17. The lowest BCUT2D eigenvalue weighted by molar-refractivity contribution is 0.0993. The number of aromatic nitrogens is 1. The molecule has 2 aromatic rings. The largest absolute Gasteiger partial charge is 0.386 e. The van der Waals surface area contributed by atoms with Crippen molar-refractivity contribution in [1.82, 2.24) is 4.98 Å². The Morgan fingerprint density at radius 1 is 1.25 bits per heavy atom. The van der Waals surface area contributed by atoms with E-state index in [1.165, 1.54) is 5.56 Å². The zero-order valence-electron chi connectivity index (χ0n) is 12.3. The van der Waals surface area contributed by atoms with Crippen LogP contribution in [0.4, 0.5) is 11.4 Å². The van der Waals surface area contributed by atoms with Crippen molar-refractivity contribution in [3.8, 4) is 0 Å². The number of anilines is 2. The quantitative estimate of drug-likeness (QED) is 0.931. The van der Waals surface area contributed by atoms with Gasteiger partial charge in [-0.25, -0.2) is 0 Å². The van der Waals surface area contributed by atoms with Gasteiger partial charge in [0.15, 0.2) is 0 Å². The molecule has 1 amide bonds. The molecule has 0 aliphatic heterocycles. The number of nitrogens with zero attached hydrogens (tertiary/aromatic N) is 2. The summed E-state index contributed by atoms with van der Waals surface area (Å²) in [5.41, 5.74) is 4.53. The van der Waals surface area contributed by atoms with Gasteiger partial charge in [0.2, 0.25) is 0 Å². The zero-order valence-corrected chi connectivity index (χ0v) is 12.3. The second-order valence-electron chi connectivity index (χ2n) is 4.83. The Bertz CT molecular complexity index is 637. The molecule has 0 saturated heterocycles. The number of rotatable bonds is 3. The molecule has 0 spiro atoms. The first-order valence-corrected chi connectivity index (χ1v) is 6.51. The predicted octanol–water partition coefficient (Wildman–Crippen LogP) is 3.02. The van der Waals surface area contributed by atoms with Crippen LogP contribution in [0.15, 0.2) is 36.7 Å². The van der Waals surface area contributed by atoms with Crippen molar-refractivity contribution in [3.63, 3.8) is 0 Å². The van der Waals surface area contributed by atoms with Gasteiger partial charge in [0, 0.05) is 26.0 Å². The minimum absolute atomic E-state index is 0.0521. The van der Waals surface area contributed by atoms with Gasteiger partial charge in [0.05, 0.1) is 17.4 Å². The van der Waals surface area contributed by atoms with Gasteiger partial charge in [0.25, 0.3) is 5.91 Å². The van der Waals surface area contributed by atoms with E-state index < -0.39 is 0 Å². The summed E-state index contributed by atoms with van der Waals surface area (Å²) in [6.07, 6.45) is 3.28. The zero-order chi connectivity index (χ0) is 14.7. The van der Waals surface area contributed by atoms with Crippen molar-refractivity contribution in [2.24, 2.45) is 0 Å². The lowest BCUT2D eigenvalue weighted by atomic mass is 10.1. The molecule has 2 rings (SSSR count). The lowest BCUT2D eigenvalue weighted by Gasteiger charge is -2.21. The molecule has 4 heteroatoms. The SMILES string of the molecule is CNc1cnccc1C(=O)N(C)c1ccc(C)cc1C. The maximum atomic E-state index is 12.6. The van der Waals surface area contributed by atoms with Crippen LogP contribution in [-0.2, 0) is 0 Å². The maximum absolute atomic E-state index is 12.6. The maximum Gasteiger partial charge on any atom is 0.260 e. The van der Waals surface area contributed by atoms with Gasteiger partial charge in [-0.15, -0.1) is 0 Å². The van der Waals surface area contributed by atoms with E-state index in [0.29, 0.717) is 5.56 Å². The van der Waals surface area contributed by atoms with Crippen molar-refractivity contribution in [2.75, 3.05) is 24.3 Å². The van der Waals surface area contributed by atoms with Crippen LogP contribution in [0.5, 0.6) is 0 Å². The number of carbonyl (C=O) groups excluding carboxylic acids is 1. The molecule has 0 unspecified atom stereocenters. The monoisotopic (exact) mass is 269 g/mol. The van der Waals surface area contributed by atoms with Crippen molar-refractivity contribution in [1.29, 1.82) is 0 Å². The van der Waals surface area contributed by atoms with Gasteiger partial charge in [-0.3, -0.25) is 9.78 Å². The number of pyridine rings is 1. The van der Waals surface area contributed by atoms with E-state index in [2.05, 4.69) is 16.4 Å². The fraction of sp³-hybridized carbons (Fsp3) is 0.250. The van der Waals surface area contributed by atoms with E-state index in [0.717, 1.165) is 16.9 Å². The van der Waals surface area contributed by atoms with Gasteiger partial charge < -0.3 is 10.2 Å². The topological polar surface area (TPSA) is 45.2 Å². The highest BCUT2D eigenvalue weighted by Crippen LogP contribution is 2.23. The number of benzene rings is 1. The second kappa shape index (κ2) is 5.74. The Morgan fingerprint density at radius 3 is 2.65 bits per heavy atom. The Labute approximate surface area is 119 Å². The molecular formula is C16H19N3O. The molecule has 0 radical (unpaired) electrons. The number of nitrogens with one attached hydrogen (secondary N) is 1. The van der Waals surface area contributed by atoms with Crippen molar-refractivity contribution >= 4 is 17.3 Å². The van der Waals surface area contributed by atoms with Crippen molar-refractivity contribution in [3.05, 3.63) is 53.3 Å². The molecule has 0 fully saturated rings. The molecule has 0 atom stereocenters. The summed E-state index contributed by atoms with van der Waals surface area (Å²) in [6, 6.07) is 7.79. The number of carbonyl (C=O) groups is 1. The van der Waals surface area contributed by atoms with Crippen LogP contribution in [-0.4, -0.2) is 25.0 Å². The van der Waals surface area contributed by atoms with Crippen LogP contribution >= 0.6 is 0 Å². The Balaban J connectivity index is 2.37. The van der Waals surface area contributed by atoms with Gasteiger partial charge in [-0.2, -0.15) is 0 Å². The first-order valence-electron chi connectivity index (χ1n) is 6.51. The first kappa shape index (κ1) is 14.1. The molecule has 1 aromatic heterocycles. The first-order chi connectivity index (χ1) is 9.54. The van der Waals surface area contributed by atoms with E-state index in [4.69, 9.17) is 0 Å². The average Bonchev–Trinajstić information content (AvgIpc) is 2.45. The predicted molar refractivity (Wildman–Crippen MR) is 82.4 cm³/mol. The summed E-state index contributed by atoms with van der Waals surface area (Å²) >= 11 is 0. The number of hydrogen-bond acceptors (Lipinski definition) is 3. The van der Waals surface area contributed by atoms with Crippen molar-refractivity contribution in [2.45, 2.75) is 13.8 Å². The van der Waals surface area contributed by atoms with Crippen LogP contribution in [0.2, 0.25) is 0 Å². The van der Waals surface area contributed by atoms with Crippen LogP contribution in [0.1, 0.15) is 21.5 Å². The molecule has 1 heterocycles. The fourth-order valence-corrected chi connectivity index (χ4v) is 2.25. The normalized spacial score (nSPS) is 10.2. The van der Waals surface area contributed by atoms with E-state index in [9.17, 15) is 4.79 Å². The molecule has 104 valence electrons. The lowest BCUT2D eigenvalue weighted by Crippen LogP contribution is -2.27. The van der Waals surface area contributed by atoms with Gasteiger partial charge in [-0.05, 0) is 31.5 Å². The molecule has 0 aliphatic carbocycles. The highest BCUT2D eigenvalue weighted by atomic mass is 16.2. The number of amides is 1. The minimum Gasteiger partial charge on any atom is -0.386 e. The molecule has 20 heavy (non-hydrogen) atoms. The highest BCUT2D eigenvalue weighted by molar-refractivity contribution is 6.09. The molecule has 0 aliphatic rings. The number of aryl methyl sites for hydroxylation is 2. The van der Waals surface area contributed by atoms with E-state index in [1.54, 1.807) is 37.5 Å². The molecule has 1 aromatic carbocycles. The fourth-order valence-electron chi connectivity index (χ4n) is 2.25. The van der Waals surface area contributed by atoms with Crippen molar-refractivity contribution < 1.29 is 4.79 Å². The Hall–Kier alpha value is -2.36. The molecule has 4 nitrogen and oxygen atoms in total. The van der Waals surface area contributed by atoms with Gasteiger partial charge in [0.1, 0.15) is 0 Å². The van der Waals surface area contributed by atoms with Crippen LogP contribution in [0.25, 0.3) is 0 Å². The van der Waals surface area contributed by atoms with E-state index >= 15 is 0 Å². The summed E-state index contributed by atoms with van der Waals surface area (Å²) in [5.74, 6) is -0.0521. The van der Waals surface area contributed by atoms with Gasteiger partial charge >= 0.3 is 0 Å².